The van der Waals surface area contributed by atoms with E-state index in [0.29, 0.717) is 6.61 Å². The van der Waals surface area contributed by atoms with Crippen molar-refractivity contribution in [2.24, 2.45) is 0 Å². The Labute approximate surface area is 120 Å². The van der Waals surface area contributed by atoms with E-state index < -0.39 is 14.3 Å². The lowest BCUT2D eigenvalue weighted by molar-refractivity contribution is 0.0697. The molecule has 0 bridgehead atoms. The van der Waals surface area contributed by atoms with Crippen molar-refractivity contribution in [1.82, 2.24) is 0 Å². The number of carbonyl (C=O) groups is 1. The fraction of sp³-hybridized carbons (Fsp3) is 0.500. The van der Waals surface area contributed by atoms with Crippen LogP contribution in [0.15, 0.2) is 18.2 Å². The second-order valence-electron chi connectivity index (χ2n) is 6.17. The summed E-state index contributed by atoms with van der Waals surface area (Å²) in [5.74, 6) is -1.01. The molecule has 0 aliphatic rings. The van der Waals surface area contributed by atoms with Gasteiger partial charge in [0.05, 0.1) is 17.2 Å². The lowest BCUT2D eigenvalue weighted by Crippen LogP contribution is -2.40. The molecule has 1 aromatic rings. The summed E-state index contributed by atoms with van der Waals surface area (Å²) in [4.78, 5) is 11.0. The molecule has 19 heavy (non-hydrogen) atoms. The van der Waals surface area contributed by atoms with Crippen molar-refractivity contribution < 1.29 is 14.3 Å². The van der Waals surface area contributed by atoms with E-state index in [-0.39, 0.29) is 15.6 Å². The summed E-state index contributed by atoms with van der Waals surface area (Å²) >= 11 is 5.84. The Morgan fingerprint density at radius 1 is 1.37 bits per heavy atom. The van der Waals surface area contributed by atoms with Crippen LogP contribution in [-0.2, 0) is 11.0 Å². The third-order valence-electron chi connectivity index (χ3n) is 3.67. The zero-order valence-electron chi connectivity index (χ0n) is 12.1. The minimum absolute atomic E-state index is 0.123. The van der Waals surface area contributed by atoms with E-state index in [4.69, 9.17) is 21.1 Å². The second-order valence-corrected chi connectivity index (χ2v) is 11.4. The molecule has 0 radical (unpaired) electrons. The normalized spacial score (nSPS) is 12.5. The molecule has 3 nitrogen and oxygen atoms in total. The van der Waals surface area contributed by atoms with Gasteiger partial charge < -0.3 is 9.53 Å². The summed E-state index contributed by atoms with van der Waals surface area (Å²) in [7, 11) is -1.83. The van der Waals surface area contributed by atoms with Gasteiger partial charge in [-0.2, -0.15) is 0 Å². The number of carboxylic acid groups (broad SMARTS) is 1. The average molecular weight is 301 g/mol. The Kier molecular flexibility index (Phi) is 4.82. The molecule has 0 amide bonds. The maximum atomic E-state index is 11.0. The van der Waals surface area contributed by atoms with Crippen molar-refractivity contribution in [3.63, 3.8) is 0 Å². The van der Waals surface area contributed by atoms with Gasteiger partial charge in [-0.05, 0) is 35.8 Å². The molecule has 0 aliphatic heterocycles. The Hall–Kier alpha value is -0.843. The first-order valence-electron chi connectivity index (χ1n) is 6.20. The molecular formula is C14H21ClO3Si. The summed E-state index contributed by atoms with van der Waals surface area (Å²) in [6, 6.07) is 5.00. The van der Waals surface area contributed by atoms with Gasteiger partial charge in [0.2, 0.25) is 0 Å². The molecule has 106 valence electrons. The highest BCUT2D eigenvalue weighted by molar-refractivity contribution is 6.74. The summed E-state index contributed by atoms with van der Waals surface area (Å²) in [5.41, 5.74) is 0.963. The van der Waals surface area contributed by atoms with Crippen LogP contribution in [0.1, 0.15) is 36.7 Å². The van der Waals surface area contributed by atoms with Crippen LogP contribution >= 0.6 is 11.6 Å². The molecule has 1 aromatic carbocycles. The fourth-order valence-electron chi connectivity index (χ4n) is 1.31. The van der Waals surface area contributed by atoms with Crippen LogP contribution in [0.25, 0.3) is 0 Å². The highest BCUT2D eigenvalue weighted by Crippen LogP contribution is 2.37. The van der Waals surface area contributed by atoms with E-state index in [2.05, 4.69) is 33.9 Å². The molecule has 5 heteroatoms. The highest BCUT2D eigenvalue weighted by Gasteiger charge is 2.37. The van der Waals surface area contributed by atoms with Crippen molar-refractivity contribution >= 4 is 25.9 Å². The molecule has 0 aromatic heterocycles. The van der Waals surface area contributed by atoms with Gasteiger partial charge >= 0.3 is 5.97 Å². The maximum Gasteiger partial charge on any atom is 0.337 e. The molecule has 1 rings (SSSR count). The van der Waals surface area contributed by atoms with E-state index in [9.17, 15) is 4.79 Å². The Morgan fingerprint density at radius 2 is 1.95 bits per heavy atom. The van der Waals surface area contributed by atoms with Crippen LogP contribution in [0.2, 0.25) is 23.2 Å². The Bertz CT molecular complexity index is 478. The quantitative estimate of drug-likeness (QED) is 0.829. The van der Waals surface area contributed by atoms with Gasteiger partial charge in [-0.3, -0.25) is 0 Å². The second kappa shape index (κ2) is 5.65. The van der Waals surface area contributed by atoms with Crippen molar-refractivity contribution in [3.8, 4) is 0 Å². The predicted molar refractivity (Wildman–Crippen MR) is 80.4 cm³/mol. The van der Waals surface area contributed by atoms with Crippen molar-refractivity contribution in [1.29, 1.82) is 0 Å². The number of halogens is 1. The summed E-state index contributed by atoms with van der Waals surface area (Å²) in [6.07, 6.45) is 0. The van der Waals surface area contributed by atoms with Crippen LogP contribution in [0.5, 0.6) is 0 Å². The number of rotatable bonds is 4. The molecule has 0 saturated carbocycles. The Morgan fingerprint density at radius 3 is 2.42 bits per heavy atom. The zero-order valence-corrected chi connectivity index (χ0v) is 13.8. The monoisotopic (exact) mass is 300 g/mol. The van der Waals surface area contributed by atoms with Crippen LogP contribution in [0.4, 0.5) is 0 Å². The minimum Gasteiger partial charge on any atom is -0.478 e. The summed E-state index contributed by atoms with van der Waals surface area (Å²) in [5, 5.41) is 9.42. The molecule has 0 heterocycles. The molecule has 0 atom stereocenters. The third kappa shape index (κ3) is 4.06. The van der Waals surface area contributed by atoms with Crippen LogP contribution < -0.4 is 0 Å². The van der Waals surface area contributed by atoms with Gasteiger partial charge in [-0.25, -0.2) is 4.79 Å². The summed E-state index contributed by atoms with van der Waals surface area (Å²) < 4.78 is 6.06. The van der Waals surface area contributed by atoms with E-state index >= 15 is 0 Å². The van der Waals surface area contributed by atoms with Crippen LogP contribution in [0.3, 0.4) is 0 Å². The lowest BCUT2D eigenvalue weighted by Gasteiger charge is -2.36. The zero-order chi connectivity index (χ0) is 14.8. The van der Waals surface area contributed by atoms with Gasteiger partial charge in [0, 0.05) is 0 Å². The predicted octanol–water partition coefficient (Wildman–Crippen LogP) is 4.56. The molecule has 0 saturated heterocycles. The molecular weight excluding hydrogens is 280 g/mol. The number of carboxylic acids is 1. The van der Waals surface area contributed by atoms with E-state index in [1.165, 1.54) is 0 Å². The van der Waals surface area contributed by atoms with Gasteiger partial charge in [-0.15, -0.1) is 0 Å². The molecule has 0 spiro atoms. The van der Waals surface area contributed by atoms with Gasteiger partial charge in [0.25, 0.3) is 0 Å². The van der Waals surface area contributed by atoms with Gasteiger partial charge in [-0.1, -0.05) is 38.4 Å². The third-order valence-corrected chi connectivity index (χ3v) is 8.48. The van der Waals surface area contributed by atoms with E-state index in [1.807, 2.05) is 6.07 Å². The molecule has 1 N–H and O–H groups in total. The van der Waals surface area contributed by atoms with E-state index in [0.717, 1.165) is 5.56 Å². The SMILES string of the molecule is CC(C)(C)[Si](C)(C)OCc1ccc(Cl)c(C(=O)O)c1. The van der Waals surface area contributed by atoms with Gasteiger partial charge in [0.15, 0.2) is 8.32 Å². The summed E-state index contributed by atoms with van der Waals surface area (Å²) in [6.45, 7) is 11.3. The topological polar surface area (TPSA) is 46.5 Å². The number of hydrogen-bond donors (Lipinski definition) is 1. The van der Waals surface area contributed by atoms with Crippen LogP contribution in [0, 0.1) is 0 Å². The minimum atomic E-state index is -1.83. The molecule has 0 fully saturated rings. The van der Waals surface area contributed by atoms with Crippen molar-refractivity contribution in [3.05, 3.63) is 34.3 Å². The highest BCUT2D eigenvalue weighted by atomic mass is 35.5. The van der Waals surface area contributed by atoms with E-state index in [1.54, 1.807) is 12.1 Å². The lowest BCUT2D eigenvalue weighted by atomic mass is 10.1. The first-order valence-corrected chi connectivity index (χ1v) is 9.49. The van der Waals surface area contributed by atoms with Crippen molar-refractivity contribution in [2.75, 3.05) is 0 Å². The van der Waals surface area contributed by atoms with Crippen LogP contribution in [-0.4, -0.2) is 19.4 Å². The number of aromatic carboxylic acids is 1. The smallest absolute Gasteiger partial charge is 0.337 e. The molecule has 0 aliphatic carbocycles. The average Bonchev–Trinajstić information content (AvgIpc) is 2.26. The number of hydrogen-bond acceptors (Lipinski definition) is 2. The largest absolute Gasteiger partial charge is 0.478 e. The first-order chi connectivity index (χ1) is 8.54. The first kappa shape index (κ1) is 16.2. The maximum absolute atomic E-state index is 11.0. The standard InChI is InChI=1S/C14H21ClO3Si/c1-14(2,3)19(4,5)18-9-10-6-7-12(15)11(8-10)13(16)17/h6-8H,9H2,1-5H3,(H,16,17). The van der Waals surface area contributed by atoms with Gasteiger partial charge in [0.1, 0.15) is 0 Å². The number of benzene rings is 1. The molecule has 0 unspecified atom stereocenters. The van der Waals surface area contributed by atoms with Crippen molar-refractivity contribution in [2.45, 2.75) is 45.5 Å². The Balaban J connectivity index is 2.85. The fourth-order valence-corrected chi connectivity index (χ4v) is 2.47.